The van der Waals surface area contributed by atoms with Crippen molar-refractivity contribution < 1.29 is 0 Å². The van der Waals surface area contributed by atoms with Gasteiger partial charge in [-0.1, -0.05) is 49.6 Å². The van der Waals surface area contributed by atoms with Gasteiger partial charge in [-0.05, 0) is 24.8 Å². The number of hydrogen-bond acceptors (Lipinski definition) is 1. The van der Waals surface area contributed by atoms with E-state index < -0.39 is 0 Å². The Morgan fingerprint density at radius 1 is 1.27 bits per heavy atom. The van der Waals surface area contributed by atoms with Crippen molar-refractivity contribution in [3.8, 4) is 0 Å². The monoisotopic (exact) mass is 203 g/mol. The number of hydrogen-bond donors (Lipinski definition) is 1. The van der Waals surface area contributed by atoms with Crippen molar-refractivity contribution in [2.45, 2.75) is 45.2 Å². The van der Waals surface area contributed by atoms with Crippen LogP contribution in [0.15, 0.2) is 30.3 Å². The van der Waals surface area contributed by atoms with Crippen LogP contribution in [-0.4, -0.2) is 6.04 Å². The van der Waals surface area contributed by atoms with Gasteiger partial charge in [0.25, 0.3) is 0 Å². The quantitative estimate of drug-likeness (QED) is 0.773. The van der Waals surface area contributed by atoms with Crippen LogP contribution >= 0.6 is 0 Å². The molecule has 1 aromatic rings. The van der Waals surface area contributed by atoms with E-state index in [9.17, 15) is 0 Å². The molecule has 1 heteroatoms. The molecule has 1 atom stereocenters. The molecule has 1 N–H and O–H groups in total. The second-order valence-electron chi connectivity index (χ2n) is 4.80. The van der Waals surface area contributed by atoms with Crippen LogP contribution in [0.3, 0.4) is 0 Å². The molecule has 1 aromatic carbocycles. The van der Waals surface area contributed by atoms with Crippen molar-refractivity contribution in [3.63, 3.8) is 0 Å². The lowest BCUT2D eigenvalue weighted by Gasteiger charge is -2.28. The minimum atomic E-state index is 0.663. The minimum absolute atomic E-state index is 0.663. The van der Waals surface area contributed by atoms with Gasteiger partial charge in [0.05, 0.1) is 0 Å². The van der Waals surface area contributed by atoms with Gasteiger partial charge in [0.2, 0.25) is 0 Å². The molecule has 1 aliphatic carbocycles. The van der Waals surface area contributed by atoms with Crippen molar-refractivity contribution in [1.82, 2.24) is 5.32 Å². The fraction of sp³-hybridized carbons (Fsp3) is 0.571. The Morgan fingerprint density at radius 2 is 2.00 bits per heavy atom. The van der Waals surface area contributed by atoms with Gasteiger partial charge < -0.3 is 5.32 Å². The van der Waals surface area contributed by atoms with E-state index in [1.54, 1.807) is 0 Å². The summed E-state index contributed by atoms with van der Waals surface area (Å²) < 4.78 is 0. The molecule has 0 amide bonds. The standard InChI is InChI=1S/C14H21N/c1-12(10-13-8-5-9-13)15-11-14-6-3-2-4-7-14/h2-4,6-7,12-13,15H,5,8-11H2,1H3/t12-/m1/s1. The normalized spacial score (nSPS) is 18.5. The van der Waals surface area contributed by atoms with Crippen LogP contribution in [0.4, 0.5) is 0 Å². The fourth-order valence-electron chi connectivity index (χ4n) is 2.20. The van der Waals surface area contributed by atoms with Crippen LogP contribution in [0.5, 0.6) is 0 Å². The van der Waals surface area contributed by atoms with E-state index in [2.05, 4.69) is 42.6 Å². The smallest absolute Gasteiger partial charge is 0.0207 e. The molecule has 0 spiro atoms. The third kappa shape index (κ3) is 3.35. The van der Waals surface area contributed by atoms with Gasteiger partial charge >= 0.3 is 0 Å². The van der Waals surface area contributed by atoms with Crippen molar-refractivity contribution >= 4 is 0 Å². The summed E-state index contributed by atoms with van der Waals surface area (Å²) in [4.78, 5) is 0. The predicted molar refractivity (Wildman–Crippen MR) is 64.7 cm³/mol. The summed E-state index contributed by atoms with van der Waals surface area (Å²) in [5, 5.41) is 3.60. The summed E-state index contributed by atoms with van der Waals surface area (Å²) in [6.45, 7) is 3.32. The van der Waals surface area contributed by atoms with Gasteiger partial charge in [-0.3, -0.25) is 0 Å². The van der Waals surface area contributed by atoms with Gasteiger partial charge in [0, 0.05) is 12.6 Å². The molecule has 0 bridgehead atoms. The van der Waals surface area contributed by atoms with Crippen LogP contribution in [0, 0.1) is 5.92 Å². The van der Waals surface area contributed by atoms with E-state index in [4.69, 9.17) is 0 Å². The highest BCUT2D eigenvalue weighted by Crippen LogP contribution is 2.30. The second-order valence-corrected chi connectivity index (χ2v) is 4.80. The third-order valence-electron chi connectivity index (χ3n) is 3.41. The van der Waals surface area contributed by atoms with Gasteiger partial charge in [-0.25, -0.2) is 0 Å². The zero-order valence-electron chi connectivity index (χ0n) is 9.58. The Labute approximate surface area is 92.9 Å². The van der Waals surface area contributed by atoms with Crippen LogP contribution in [0.25, 0.3) is 0 Å². The molecule has 0 heterocycles. The maximum Gasteiger partial charge on any atom is 0.0207 e. The Morgan fingerprint density at radius 3 is 2.60 bits per heavy atom. The van der Waals surface area contributed by atoms with Crippen LogP contribution in [-0.2, 0) is 6.54 Å². The van der Waals surface area contributed by atoms with E-state index in [1.165, 1.54) is 31.2 Å². The predicted octanol–water partition coefficient (Wildman–Crippen LogP) is 3.35. The number of benzene rings is 1. The van der Waals surface area contributed by atoms with Crippen molar-refractivity contribution in [1.29, 1.82) is 0 Å². The van der Waals surface area contributed by atoms with Gasteiger partial charge in [0.15, 0.2) is 0 Å². The van der Waals surface area contributed by atoms with Gasteiger partial charge in [-0.15, -0.1) is 0 Å². The van der Waals surface area contributed by atoms with E-state index in [0.717, 1.165) is 12.5 Å². The lowest BCUT2D eigenvalue weighted by Crippen LogP contribution is -2.29. The highest BCUT2D eigenvalue weighted by molar-refractivity contribution is 5.14. The van der Waals surface area contributed by atoms with E-state index in [-0.39, 0.29) is 0 Å². The average Bonchev–Trinajstić information content (AvgIpc) is 2.22. The molecular weight excluding hydrogens is 182 g/mol. The first kappa shape index (κ1) is 10.7. The summed E-state index contributed by atoms with van der Waals surface area (Å²) in [6, 6.07) is 11.3. The molecule has 1 saturated carbocycles. The topological polar surface area (TPSA) is 12.0 Å². The first-order chi connectivity index (χ1) is 7.34. The largest absolute Gasteiger partial charge is 0.310 e. The molecule has 1 aliphatic rings. The lowest BCUT2D eigenvalue weighted by molar-refractivity contribution is 0.265. The maximum atomic E-state index is 3.60. The summed E-state index contributed by atoms with van der Waals surface area (Å²) in [5.74, 6) is 1.00. The Bertz CT molecular complexity index is 277. The molecule has 1 fully saturated rings. The SMILES string of the molecule is C[C@H](CC1CCC1)NCc1ccccc1. The Kier molecular flexibility index (Phi) is 3.79. The molecule has 0 aromatic heterocycles. The highest BCUT2D eigenvalue weighted by Gasteiger charge is 2.19. The average molecular weight is 203 g/mol. The van der Waals surface area contributed by atoms with Gasteiger partial charge in [-0.2, -0.15) is 0 Å². The van der Waals surface area contributed by atoms with Gasteiger partial charge in [0.1, 0.15) is 0 Å². The Hall–Kier alpha value is -0.820. The molecule has 82 valence electrons. The maximum absolute atomic E-state index is 3.60. The molecular formula is C14H21N. The lowest BCUT2D eigenvalue weighted by atomic mass is 9.81. The molecule has 0 aliphatic heterocycles. The molecule has 2 rings (SSSR count). The second kappa shape index (κ2) is 5.32. The first-order valence-electron chi connectivity index (χ1n) is 6.12. The molecule has 0 radical (unpaired) electrons. The zero-order valence-corrected chi connectivity index (χ0v) is 9.58. The highest BCUT2D eigenvalue weighted by atomic mass is 14.9. The summed E-state index contributed by atoms with van der Waals surface area (Å²) in [7, 11) is 0. The Balaban J connectivity index is 1.68. The number of nitrogens with one attached hydrogen (secondary N) is 1. The first-order valence-corrected chi connectivity index (χ1v) is 6.12. The van der Waals surface area contributed by atoms with Crippen molar-refractivity contribution in [2.75, 3.05) is 0 Å². The van der Waals surface area contributed by atoms with Crippen LogP contribution < -0.4 is 5.32 Å². The molecule has 0 unspecified atom stereocenters. The molecule has 15 heavy (non-hydrogen) atoms. The third-order valence-corrected chi connectivity index (χ3v) is 3.41. The summed E-state index contributed by atoms with van der Waals surface area (Å²) in [6.07, 6.45) is 5.72. The van der Waals surface area contributed by atoms with E-state index in [1.807, 2.05) is 0 Å². The zero-order chi connectivity index (χ0) is 10.5. The van der Waals surface area contributed by atoms with Crippen molar-refractivity contribution in [3.05, 3.63) is 35.9 Å². The van der Waals surface area contributed by atoms with E-state index in [0.29, 0.717) is 6.04 Å². The minimum Gasteiger partial charge on any atom is -0.310 e. The fourth-order valence-corrected chi connectivity index (χ4v) is 2.20. The van der Waals surface area contributed by atoms with Crippen LogP contribution in [0.2, 0.25) is 0 Å². The summed E-state index contributed by atoms with van der Waals surface area (Å²) in [5.41, 5.74) is 1.39. The number of rotatable bonds is 5. The molecule has 0 saturated heterocycles. The molecule has 1 nitrogen and oxygen atoms in total. The van der Waals surface area contributed by atoms with Crippen LogP contribution in [0.1, 0.15) is 38.2 Å². The van der Waals surface area contributed by atoms with Crippen molar-refractivity contribution in [2.24, 2.45) is 5.92 Å². The van der Waals surface area contributed by atoms with E-state index >= 15 is 0 Å². The summed E-state index contributed by atoms with van der Waals surface area (Å²) >= 11 is 0.